The molecule has 0 amide bonds. The minimum atomic E-state index is -0.434. The lowest BCUT2D eigenvalue weighted by Crippen LogP contribution is -2.03. The van der Waals surface area contributed by atoms with E-state index in [4.69, 9.17) is 14.2 Å². The number of benzene rings is 3. The number of hydrogen-bond acceptors (Lipinski definition) is 4. The molecule has 4 nitrogen and oxygen atoms in total. The van der Waals surface area contributed by atoms with E-state index in [-0.39, 0.29) is 0 Å². The number of rotatable bonds is 8. The number of ether oxygens (including phenoxy) is 3. The normalized spacial score (nSPS) is 11.0. The van der Waals surface area contributed by atoms with Gasteiger partial charge in [0, 0.05) is 6.08 Å². The Morgan fingerprint density at radius 2 is 1.71 bits per heavy atom. The number of aryl methyl sites for hydroxylation is 1. The van der Waals surface area contributed by atoms with Gasteiger partial charge in [0.2, 0.25) is 0 Å². The molecule has 0 heterocycles. The molecule has 0 saturated carbocycles. The molecule has 0 aliphatic carbocycles. The van der Waals surface area contributed by atoms with Gasteiger partial charge < -0.3 is 14.2 Å². The van der Waals surface area contributed by atoms with Crippen molar-refractivity contribution in [2.24, 2.45) is 0 Å². The van der Waals surface area contributed by atoms with Gasteiger partial charge in [0.05, 0.1) is 7.11 Å². The number of esters is 1. The van der Waals surface area contributed by atoms with E-state index in [0.717, 1.165) is 11.1 Å². The molecule has 0 spiro atoms. The minimum Gasteiger partial charge on any atom is -0.493 e. The van der Waals surface area contributed by atoms with Crippen LogP contribution in [0.15, 0.2) is 72.8 Å². The van der Waals surface area contributed by atoms with E-state index in [1.807, 2.05) is 60.7 Å². The second-order valence-electron chi connectivity index (χ2n) is 7.60. The van der Waals surface area contributed by atoms with Gasteiger partial charge in [-0.25, -0.2) is 4.79 Å². The molecule has 0 unspecified atom stereocenters. The molecular formula is C27H28O4. The van der Waals surface area contributed by atoms with Crippen molar-refractivity contribution in [2.45, 2.75) is 33.3 Å². The molecule has 0 aliphatic rings. The second kappa shape index (κ2) is 10.5. The predicted molar refractivity (Wildman–Crippen MR) is 124 cm³/mol. The monoisotopic (exact) mass is 416 g/mol. The van der Waals surface area contributed by atoms with E-state index in [1.165, 1.54) is 17.2 Å². The SMILES string of the molecule is COc1cc(/C=C/C(=O)Oc2ccc(C(C)C)cc2)ccc1OCc1ccccc1C. The molecule has 4 heteroatoms. The first kappa shape index (κ1) is 22.2. The Bertz CT molecular complexity index is 1050. The number of methoxy groups -OCH3 is 1. The van der Waals surface area contributed by atoms with Crippen LogP contribution in [0.4, 0.5) is 0 Å². The maximum absolute atomic E-state index is 12.2. The average Bonchev–Trinajstić information content (AvgIpc) is 2.77. The molecule has 0 radical (unpaired) electrons. The summed E-state index contributed by atoms with van der Waals surface area (Å²) in [4.78, 5) is 12.2. The van der Waals surface area contributed by atoms with E-state index in [2.05, 4.69) is 26.8 Å². The van der Waals surface area contributed by atoms with Gasteiger partial charge in [0.1, 0.15) is 12.4 Å². The molecule has 3 aromatic rings. The summed E-state index contributed by atoms with van der Waals surface area (Å²) in [5, 5.41) is 0. The summed E-state index contributed by atoms with van der Waals surface area (Å²) in [6.45, 7) is 6.76. The zero-order valence-corrected chi connectivity index (χ0v) is 18.4. The second-order valence-corrected chi connectivity index (χ2v) is 7.60. The summed E-state index contributed by atoms with van der Waals surface area (Å²) in [6, 6.07) is 21.2. The summed E-state index contributed by atoms with van der Waals surface area (Å²) in [5.41, 5.74) is 4.32. The van der Waals surface area contributed by atoms with Gasteiger partial charge in [-0.15, -0.1) is 0 Å². The van der Waals surface area contributed by atoms with Gasteiger partial charge >= 0.3 is 5.97 Å². The first-order valence-corrected chi connectivity index (χ1v) is 10.3. The Morgan fingerprint density at radius 3 is 2.39 bits per heavy atom. The highest BCUT2D eigenvalue weighted by Crippen LogP contribution is 2.29. The number of carbonyl (C=O) groups is 1. The molecule has 160 valence electrons. The highest BCUT2D eigenvalue weighted by Gasteiger charge is 2.07. The van der Waals surface area contributed by atoms with Gasteiger partial charge in [0.25, 0.3) is 0 Å². The van der Waals surface area contributed by atoms with Crippen molar-refractivity contribution in [1.82, 2.24) is 0 Å². The number of carbonyl (C=O) groups excluding carboxylic acids is 1. The first-order valence-electron chi connectivity index (χ1n) is 10.3. The molecule has 0 saturated heterocycles. The van der Waals surface area contributed by atoms with Crippen LogP contribution < -0.4 is 14.2 Å². The molecule has 0 aromatic heterocycles. The fraction of sp³-hybridized carbons (Fsp3) is 0.222. The van der Waals surface area contributed by atoms with Crippen LogP contribution in [0.3, 0.4) is 0 Å². The van der Waals surface area contributed by atoms with Crippen LogP contribution in [0, 0.1) is 6.92 Å². The van der Waals surface area contributed by atoms with Crippen molar-refractivity contribution in [3.8, 4) is 17.2 Å². The predicted octanol–water partition coefficient (Wildman–Crippen LogP) is 6.32. The third-order valence-electron chi connectivity index (χ3n) is 5.01. The lowest BCUT2D eigenvalue weighted by molar-refractivity contribution is -0.128. The lowest BCUT2D eigenvalue weighted by Gasteiger charge is -2.12. The first-order chi connectivity index (χ1) is 15.0. The highest BCUT2D eigenvalue weighted by atomic mass is 16.5. The largest absolute Gasteiger partial charge is 0.493 e. The lowest BCUT2D eigenvalue weighted by atomic mass is 10.0. The van der Waals surface area contributed by atoms with Crippen LogP contribution in [0.1, 0.15) is 42.0 Å². The van der Waals surface area contributed by atoms with Crippen LogP contribution in [0.25, 0.3) is 6.08 Å². The molecule has 31 heavy (non-hydrogen) atoms. The van der Waals surface area contributed by atoms with Crippen LogP contribution in [-0.2, 0) is 11.4 Å². The van der Waals surface area contributed by atoms with Crippen LogP contribution in [0.2, 0.25) is 0 Å². The van der Waals surface area contributed by atoms with E-state index >= 15 is 0 Å². The standard InChI is InChI=1S/C27H28O4/c1-19(2)22-11-13-24(14-12-22)31-27(28)16-10-21-9-15-25(26(17-21)29-4)30-18-23-8-6-5-7-20(23)3/h5-17,19H,18H2,1-4H3/b16-10+. The van der Waals surface area contributed by atoms with Crippen molar-refractivity contribution in [2.75, 3.05) is 7.11 Å². The summed E-state index contributed by atoms with van der Waals surface area (Å²) in [6.07, 6.45) is 3.09. The summed E-state index contributed by atoms with van der Waals surface area (Å²) >= 11 is 0. The maximum Gasteiger partial charge on any atom is 0.336 e. The zero-order chi connectivity index (χ0) is 22.2. The molecule has 3 rings (SSSR count). The topological polar surface area (TPSA) is 44.8 Å². The molecule has 3 aromatic carbocycles. The molecule has 0 bridgehead atoms. The Morgan fingerprint density at radius 1 is 0.968 bits per heavy atom. The Labute approximate surface area is 184 Å². The van der Waals surface area contributed by atoms with Crippen molar-refractivity contribution in [3.63, 3.8) is 0 Å². The smallest absolute Gasteiger partial charge is 0.336 e. The third kappa shape index (κ3) is 6.22. The van der Waals surface area contributed by atoms with Crippen molar-refractivity contribution in [3.05, 3.63) is 95.1 Å². The number of hydrogen-bond donors (Lipinski definition) is 0. The van der Waals surface area contributed by atoms with E-state index in [1.54, 1.807) is 13.2 Å². The van der Waals surface area contributed by atoms with E-state index in [0.29, 0.717) is 29.8 Å². The minimum absolute atomic E-state index is 0.434. The fourth-order valence-corrected chi connectivity index (χ4v) is 3.07. The zero-order valence-electron chi connectivity index (χ0n) is 18.4. The van der Waals surface area contributed by atoms with E-state index in [9.17, 15) is 4.79 Å². The van der Waals surface area contributed by atoms with Crippen molar-refractivity contribution >= 4 is 12.0 Å². The maximum atomic E-state index is 12.2. The average molecular weight is 417 g/mol. The Kier molecular flexibility index (Phi) is 7.50. The molecule has 0 aliphatic heterocycles. The van der Waals surface area contributed by atoms with Crippen LogP contribution >= 0.6 is 0 Å². The van der Waals surface area contributed by atoms with Crippen molar-refractivity contribution < 1.29 is 19.0 Å². The third-order valence-corrected chi connectivity index (χ3v) is 5.01. The summed E-state index contributed by atoms with van der Waals surface area (Å²) < 4.78 is 16.8. The van der Waals surface area contributed by atoms with Crippen molar-refractivity contribution in [1.29, 1.82) is 0 Å². The van der Waals surface area contributed by atoms with Crippen LogP contribution in [-0.4, -0.2) is 13.1 Å². The van der Waals surface area contributed by atoms with Gasteiger partial charge in [0.15, 0.2) is 11.5 Å². The quantitative estimate of drug-likeness (QED) is 0.245. The summed E-state index contributed by atoms with van der Waals surface area (Å²) in [7, 11) is 1.60. The Balaban J connectivity index is 1.62. The van der Waals surface area contributed by atoms with Crippen LogP contribution in [0.5, 0.6) is 17.2 Å². The molecule has 0 N–H and O–H groups in total. The molecule has 0 fully saturated rings. The molecular weight excluding hydrogens is 388 g/mol. The van der Waals surface area contributed by atoms with Gasteiger partial charge in [-0.2, -0.15) is 0 Å². The fourth-order valence-electron chi connectivity index (χ4n) is 3.07. The Hall–Kier alpha value is -3.53. The molecule has 0 atom stereocenters. The van der Waals surface area contributed by atoms with Gasteiger partial charge in [-0.05, 0) is 65.4 Å². The highest BCUT2D eigenvalue weighted by molar-refractivity contribution is 5.88. The summed E-state index contributed by atoms with van der Waals surface area (Å²) in [5.74, 6) is 1.78. The van der Waals surface area contributed by atoms with Gasteiger partial charge in [-0.3, -0.25) is 0 Å². The van der Waals surface area contributed by atoms with E-state index < -0.39 is 5.97 Å². The van der Waals surface area contributed by atoms with Gasteiger partial charge in [-0.1, -0.05) is 56.3 Å².